The minimum atomic E-state index is -0.529. The van der Waals surface area contributed by atoms with Gasteiger partial charge in [-0.2, -0.15) is 0 Å². The van der Waals surface area contributed by atoms with Crippen molar-refractivity contribution in [3.8, 4) is 0 Å². The number of ether oxygens (including phenoxy) is 1. The topological polar surface area (TPSA) is 72.7 Å². The SMILES string of the molecule is C=CCN(C)c1cc(C(=O)OC)ccc1[N+](=O)[O-]. The van der Waals surface area contributed by atoms with E-state index in [0.717, 1.165) is 0 Å². The number of nitrogens with zero attached hydrogens (tertiary/aromatic N) is 2. The summed E-state index contributed by atoms with van der Waals surface area (Å²) in [6.45, 7) is 4.01. The van der Waals surface area contributed by atoms with Crippen molar-refractivity contribution in [3.05, 3.63) is 46.5 Å². The van der Waals surface area contributed by atoms with Gasteiger partial charge in [0.25, 0.3) is 5.69 Å². The molecule has 1 rings (SSSR count). The predicted molar refractivity (Wildman–Crippen MR) is 67.9 cm³/mol. The fourth-order valence-electron chi connectivity index (χ4n) is 1.52. The average Bonchev–Trinajstić information content (AvgIpc) is 2.37. The van der Waals surface area contributed by atoms with Gasteiger partial charge in [0.1, 0.15) is 5.69 Å². The highest BCUT2D eigenvalue weighted by molar-refractivity contribution is 5.91. The number of methoxy groups -OCH3 is 1. The van der Waals surface area contributed by atoms with Crippen molar-refractivity contribution in [1.29, 1.82) is 0 Å². The summed E-state index contributed by atoms with van der Waals surface area (Å²) in [6, 6.07) is 4.10. The van der Waals surface area contributed by atoms with Gasteiger partial charge in [-0.25, -0.2) is 4.79 Å². The minimum absolute atomic E-state index is 0.0630. The van der Waals surface area contributed by atoms with Crippen LogP contribution in [0, 0.1) is 10.1 Å². The molecular formula is C12H14N2O4. The van der Waals surface area contributed by atoms with Crippen molar-refractivity contribution < 1.29 is 14.5 Å². The zero-order valence-corrected chi connectivity index (χ0v) is 10.3. The predicted octanol–water partition coefficient (Wildman–Crippen LogP) is 2.00. The molecule has 6 nitrogen and oxygen atoms in total. The lowest BCUT2D eigenvalue weighted by Crippen LogP contribution is -2.18. The van der Waals surface area contributed by atoms with E-state index < -0.39 is 10.9 Å². The molecule has 0 saturated carbocycles. The first-order chi connectivity index (χ1) is 8.51. The number of hydrogen-bond donors (Lipinski definition) is 0. The Bertz CT molecular complexity index is 485. The largest absolute Gasteiger partial charge is 0.465 e. The number of nitro benzene ring substituents is 1. The van der Waals surface area contributed by atoms with E-state index in [4.69, 9.17) is 0 Å². The molecule has 0 amide bonds. The maximum Gasteiger partial charge on any atom is 0.337 e. The van der Waals surface area contributed by atoms with Gasteiger partial charge in [0.2, 0.25) is 0 Å². The molecule has 6 heteroatoms. The summed E-state index contributed by atoms with van der Waals surface area (Å²) in [6.07, 6.45) is 1.62. The molecular weight excluding hydrogens is 236 g/mol. The van der Waals surface area contributed by atoms with Crippen molar-refractivity contribution in [2.45, 2.75) is 0 Å². The summed E-state index contributed by atoms with van der Waals surface area (Å²) in [5, 5.41) is 10.9. The molecule has 0 fully saturated rings. The molecule has 0 N–H and O–H groups in total. The first kappa shape index (κ1) is 13.7. The molecule has 0 aliphatic heterocycles. The van der Waals surface area contributed by atoms with E-state index in [1.807, 2.05) is 0 Å². The van der Waals surface area contributed by atoms with Crippen LogP contribution >= 0.6 is 0 Å². The van der Waals surface area contributed by atoms with Gasteiger partial charge in [0.15, 0.2) is 0 Å². The third kappa shape index (κ3) is 2.85. The molecule has 0 bridgehead atoms. The van der Waals surface area contributed by atoms with Crippen LogP contribution in [0.1, 0.15) is 10.4 Å². The smallest absolute Gasteiger partial charge is 0.337 e. The Labute approximate surface area is 105 Å². The quantitative estimate of drug-likeness (QED) is 0.346. The van der Waals surface area contributed by atoms with E-state index in [0.29, 0.717) is 12.2 Å². The van der Waals surface area contributed by atoms with Crippen LogP contribution in [-0.4, -0.2) is 31.6 Å². The van der Waals surface area contributed by atoms with Crippen LogP contribution in [0.2, 0.25) is 0 Å². The summed E-state index contributed by atoms with van der Waals surface area (Å²) in [5.74, 6) is -0.529. The fraction of sp³-hybridized carbons (Fsp3) is 0.250. The number of nitro groups is 1. The second kappa shape index (κ2) is 5.81. The average molecular weight is 250 g/mol. The van der Waals surface area contributed by atoms with E-state index in [9.17, 15) is 14.9 Å². The molecule has 0 radical (unpaired) electrons. The van der Waals surface area contributed by atoms with Gasteiger partial charge < -0.3 is 9.64 Å². The van der Waals surface area contributed by atoms with Gasteiger partial charge in [-0.15, -0.1) is 6.58 Å². The molecule has 0 aliphatic carbocycles. The van der Waals surface area contributed by atoms with Crippen LogP contribution in [0.5, 0.6) is 0 Å². The third-order valence-electron chi connectivity index (χ3n) is 2.41. The molecule has 0 heterocycles. The van der Waals surface area contributed by atoms with E-state index in [-0.39, 0.29) is 11.3 Å². The number of esters is 1. The highest BCUT2D eigenvalue weighted by Gasteiger charge is 2.19. The molecule has 0 aromatic heterocycles. The van der Waals surface area contributed by atoms with Crippen LogP contribution < -0.4 is 4.90 Å². The van der Waals surface area contributed by atoms with Crippen molar-refractivity contribution in [3.63, 3.8) is 0 Å². The number of anilines is 1. The number of carbonyl (C=O) groups excluding carboxylic acids is 1. The Morgan fingerprint density at radius 3 is 2.78 bits per heavy atom. The molecule has 0 unspecified atom stereocenters. The van der Waals surface area contributed by atoms with E-state index in [1.54, 1.807) is 18.0 Å². The molecule has 0 atom stereocenters. The highest BCUT2D eigenvalue weighted by atomic mass is 16.6. The van der Waals surface area contributed by atoms with Crippen LogP contribution in [0.4, 0.5) is 11.4 Å². The van der Waals surface area contributed by atoms with Crippen LogP contribution in [0.3, 0.4) is 0 Å². The Morgan fingerprint density at radius 2 is 2.28 bits per heavy atom. The first-order valence-electron chi connectivity index (χ1n) is 5.20. The van der Waals surface area contributed by atoms with Crippen LogP contribution in [0.25, 0.3) is 0 Å². The molecule has 0 aliphatic rings. The Hall–Kier alpha value is -2.37. The Kier molecular flexibility index (Phi) is 4.42. The van der Waals surface area contributed by atoms with Gasteiger partial charge in [0, 0.05) is 19.7 Å². The second-order valence-electron chi connectivity index (χ2n) is 3.62. The van der Waals surface area contributed by atoms with E-state index in [1.165, 1.54) is 25.3 Å². The lowest BCUT2D eigenvalue weighted by Gasteiger charge is -2.17. The normalized spacial score (nSPS) is 9.67. The van der Waals surface area contributed by atoms with Gasteiger partial charge >= 0.3 is 5.97 Å². The number of rotatable bonds is 5. The summed E-state index contributed by atoms with van der Waals surface area (Å²) in [5.41, 5.74) is 0.559. The lowest BCUT2D eigenvalue weighted by atomic mass is 10.1. The molecule has 0 spiro atoms. The lowest BCUT2D eigenvalue weighted by molar-refractivity contribution is -0.384. The number of likely N-dealkylation sites (N-methyl/N-ethyl adjacent to an activating group) is 1. The van der Waals surface area contributed by atoms with Crippen molar-refractivity contribution in [2.75, 3.05) is 25.6 Å². The number of hydrogen-bond acceptors (Lipinski definition) is 5. The molecule has 18 heavy (non-hydrogen) atoms. The van der Waals surface area contributed by atoms with E-state index in [2.05, 4.69) is 11.3 Å². The summed E-state index contributed by atoms with van der Waals surface area (Å²) in [4.78, 5) is 23.5. The van der Waals surface area contributed by atoms with Gasteiger partial charge in [0.05, 0.1) is 17.6 Å². The minimum Gasteiger partial charge on any atom is -0.465 e. The zero-order valence-electron chi connectivity index (χ0n) is 10.3. The summed E-state index contributed by atoms with van der Waals surface area (Å²) >= 11 is 0. The summed E-state index contributed by atoms with van der Waals surface area (Å²) in [7, 11) is 2.95. The van der Waals surface area contributed by atoms with Gasteiger partial charge in [-0.3, -0.25) is 10.1 Å². The molecule has 1 aromatic rings. The maximum absolute atomic E-state index is 11.4. The molecule has 1 aromatic carbocycles. The van der Waals surface area contributed by atoms with Crippen molar-refractivity contribution in [2.24, 2.45) is 0 Å². The monoisotopic (exact) mass is 250 g/mol. The number of carbonyl (C=O) groups is 1. The first-order valence-corrected chi connectivity index (χ1v) is 5.20. The van der Waals surface area contributed by atoms with Crippen LogP contribution in [-0.2, 0) is 4.74 Å². The van der Waals surface area contributed by atoms with Crippen molar-refractivity contribution >= 4 is 17.3 Å². The number of benzene rings is 1. The van der Waals surface area contributed by atoms with E-state index >= 15 is 0 Å². The Morgan fingerprint density at radius 1 is 1.61 bits per heavy atom. The van der Waals surface area contributed by atoms with Crippen LogP contribution in [0.15, 0.2) is 30.9 Å². The highest BCUT2D eigenvalue weighted by Crippen LogP contribution is 2.28. The molecule has 0 saturated heterocycles. The second-order valence-corrected chi connectivity index (χ2v) is 3.62. The third-order valence-corrected chi connectivity index (χ3v) is 2.41. The van der Waals surface area contributed by atoms with Gasteiger partial charge in [-0.05, 0) is 12.1 Å². The van der Waals surface area contributed by atoms with Gasteiger partial charge in [-0.1, -0.05) is 6.08 Å². The fourth-order valence-corrected chi connectivity index (χ4v) is 1.52. The molecule has 96 valence electrons. The maximum atomic E-state index is 11.4. The standard InChI is InChI=1S/C12H14N2O4/c1-4-7-13(2)11-8-9(12(15)18-3)5-6-10(11)14(16)17/h4-6,8H,1,7H2,2-3H3. The zero-order chi connectivity index (χ0) is 13.7. The summed E-state index contributed by atoms with van der Waals surface area (Å²) < 4.78 is 4.58. The Balaban J connectivity index is 3.27. The van der Waals surface area contributed by atoms with Crippen molar-refractivity contribution in [1.82, 2.24) is 0 Å².